The van der Waals surface area contributed by atoms with Crippen molar-refractivity contribution in [2.45, 2.75) is 264 Å². The van der Waals surface area contributed by atoms with Crippen molar-refractivity contribution in [1.82, 2.24) is 0 Å². The first-order chi connectivity index (χ1) is 36.5. The molecule has 0 amide bonds. The molecule has 0 aromatic carbocycles. The Morgan fingerprint density at radius 2 is 0.527 bits per heavy atom. The lowest BCUT2D eigenvalue weighted by Crippen LogP contribution is -2.30. The molecule has 418 valence electrons. The summed E-state index contributed by atoms with van der Waals surface area (Å²) in [7, 11) is 0. The Bertz CT molecular complexity index is 1600. The fraction of sp³-hybridized carbons (Fsp3) is 0.632. The van der Waals surface area contributed by atoms with E-state index < -0.39 is 6.10 Å². The molecule has 0 aliphatic rings. The van der Waals surface area contributed by atoms with Crippen LogP contribution in [0.2, 0.25) is 0 Å². The number of allylic oxidation sites excluding steroid dienone is 22. The van der Waals surface area contributed by atoms with Gasteiger partial charge in [0.15, 0.2) is 6.10 Å². The van der Waals surface area contributed by atoms with Crippen LogP contribution in [0.15, 0.2) is 134 Å². The summed E-state index contributed by atoms with van der Waals surface area (Å²) in [6, 6.07) is 0. The molecule has 74 heavy (non-hydrogen) atoms. The topological polar surface area (TPSA) is 78.9 Å². The van der Waals surface area contributed by atoms with E-state index in [1.165, 1.54) is 64.2 Å². The van der Waals surface area contributed by atoms with Crippen LogP contribution in [0.1, 0.15) is 258 Å². The van der Waals surface area contributed by atoms with E-state index >= 15 is 0 Å². The Morgan fingerprint density at radius 3 is 0.838 bits per heavy atom. The molecule has 0 spiro atoms. The van der Waals surface area contributed by atoms with Crippen molar-refractivity contribution in [3.8, 4) is 0 Å². The zero-order chi connectivity index (χ0) is 53.6. The molecule has 0 aliphatic heterocycles. The van der Waals surface area contributed by atoms with Crippen LogP contribution in [0.3, 0.4) is 0 Å². The SMILES string of the molecule is CC/C=C\C/C=C\C/C=C\C/C=C\C/C=C\CCCCCC(=O)OC(COC(=O)CCCCCCC/C=C\C/C=C\CCCCCC)COC(=O)CCCCCCCCCC/C=C\C/C=C\C/C=C\C/C=C\CC. The van der Waals surface area contributed by atoms with Gasteiger partial charge >= 0.3 is 17.9 Å². The van der Waals surface area contributed by atoms with Gasteiger partial charge in [-0.1, -0.05) is 238 Å². The van der Waals surface area contributed by atoms with Crippen molar-refractivity contribution in [1.29, 1.82) is 0 Å². The number of rotatable bonds is 53. The Morgan fingerprint density at radius 1 is 0.284 bits per heavy atom. The molecule has 0 rings (SSSR count). The molecule has 0 radical (unpaired) electrons. The first-order valence-corrected chi connectivity index (χ1v) is 30.2. The third kappa shape index (κ3) is 58.4. The molecule has 0 fully saturated rings. The highest BCUT2D eigenvalue weighted by Crippen LogP contribution is 2.14. The molecule has 6 heteroatoms. The van der Waals surface area contributed by atoms with Gasteiger partial charge in [0.25, 0.3) is 0 Å². The predicted molar refractivity (Wildman–Crippen MR) is 320 cm³/mol. The van der Waals surface area contributed by atoms with Crippen LogP contribution in [-0.4, -0.2) is 37.2 Å². The van der Waals surface area contributed by atoms with Crippen molar-refractivity contribution in [3.05, 3.63) is 134 Å². The van der Waals surface area contributed by atoms with E-state index in [-0.39, 0.29) is 37.5 Å². The fourth-order valence-electron chi connectivity index (χ4n) is 7.90. The van der Waals surface area contributed by atoms with E-state index in [9.17, 15) is 14.4 Å². The van der Waals surface area contributed by atoms with Gasteiger partial charge < -0.3 is 14.2 Å². The minimum atomic E-state index is -0.811. The van der Waals surface area contributed by atoms with Crippen molar-refractivity contribution in [2.24, 2.45) is 0 Å². The highest BCUT2D eigenvalue weighted by molar-refractivity contribution is 5.71. The molecule has 0 aliphatic carbocycles. The number of ether oxygens (including phenoxy) is 3. The Balaban J connectivity index is 4.50. The Labute approximate surface area is 455 Å². The summed E-state index contributed by atoms with van der Waals surface area (Å²) in [4.78, 5) is 38.3. The number of carbonyl (C=O) groups excluding carboxylic acids is 3. The number of hydrogen-bond acceptors (Lipinski definition) is 6. The van der Waals surface area contributed by atoms with E-state index in [1.54, 1.807) is 0 Å². The number of esters is 3. The monoisotopic (exact) mass is 1020 g/mol. The minimum Gasteiger partial charge on any atom is -0.462 e. The maximum atomic E-state index is 12.9. The molecule has 1 atom stereocenters. The second-order valence-corrected chi connectivity index (χ2v) is 19.5. The highest BCUT2D eigenvalue weighted by Gasteiger charge is 2.19. The normalized spacial score (nSPS) is 13.1. The summed E-state index contributed by atoms with van der Waals surface area (Å²) in [5.74, 6) is -0.959. The lowest BCUT2D eigenvalue weighted by Gasteiger charge is -2.18. The van der Waals surface area contributed by atoms with Gasteiger partial charge in [-0.2, -0.15) is 0 Å². The van der Waals surface area contributed by atoms with Crippen LogP contribution in [-0.2, 0) is 28.6 Å². The van der Waals surface area contributed by atoms with Crippen LogP contribution in [0.25, 0.3) is 0 Å². The van der Waals surface area contributed by atoms with Gasteiger partial charge in [-0.25, -0.2) is 0 Å². The van der Waals surface area contributed by atoms with Crippen LogP contribution in [0, 0.1) is 0 Å². The molecule has 0 bridgehead atoms. The zero-order valence-electron chi connectivity index (χ0n) is 47.8. The van der Waals surface area contributed by atoms with Gasteiger partial charge in [-0.15, -0.1) is 0 Å². The molecule has 0 aromatic heterocycles. The number of unbranched alkanes of at least 4 members (excludes halogenated alkanes) is 20. The van der Waals surface area contributed by atoms with Crippen molar-refractivity contribution in [2.75, 3.05) is 13.2 Å². The first-order valence-electron chi connectivity index (χ1n) is 30.2. The van der Waals surface area contributed by atoms with Gasteiger partial charge in [0.1, 0.15) is 13.2 Å². The summed E-state index contributed by atoms with van der Waals surface area (Å²) in [6.45, 7) is 6.35. The predicted octanol–water partition coefficient (Wildman–Crippen LogP) is 20.6. The lowest BCUT2D eigenvalue weighted by molar-refractivity contribution is -0.167. The van der Waals surface area contributed by atoms with Gasteiger partial charge in [0, 0.05) is 19.3 Å². The smallest absolute Gasteiger partial charge is 0.306 e. The van der Waals surface area contributed by atoms with Crippen molar-refractivity contribution in [3.63, 3.8) is 0 Å². The Kier molecular flexibility index (Phi) is 57.4. The molecule has 0 heterocycles. The van der Waals surface area contributed by atoms with Crippen LogP contribution in [0.5, 0.6) is 0 Å². The van der Waals surface area contributed by atoms with Gasteiger partial charge in [-0.05, 0) is 135 Å². The van der Waals surface area contributed by atoms with Crippen molar-refractivity contribution < 1.29 is 28.6 Å². The van der Waals surface area contributed by atoms with Crippen LogP contribution >= 0.6 is 0 Å². The summed E-state index contributed by atoms with van der Waals surface area (Å²) in [5.41, 5.74) is 0. The average molecular weight is 1020 g/mol. The minimum absolute atomic E-state index is 0.105. The Hall–Kier alpha value is -4.45. The fourth-order valence-corrected chi connectivity index (χ4v) is 7.90. The second-order valence-electron chi connectivity index (χ2n) is 19.5. The third-order valence-corrected chi connectivity index (χ3v) is 12.4. The maximum absolute atomic E-state index is 12.9. The summed E-state index contributed by atoms with van der Waals surface area (Å²) in [6.07, 6.45) is 85.8. The molecule has 0 N–H and O–H groups in total. The van der Waals surface area contributed by atoms with Crippen LogP contribution in [0.4, 0.5) is 0 Å². The van der Waals surface area contributed by atoms with Gasteiger partial charge in [0.2, 0.25) is 0 Å². The zero-order valence-corrected chi connectivity index (χ0v) is 47.8. The maximum Gasteiger partial charge on any atom is 0.306 e. The molecule has 0 saturated carbocycles. The van der Waals surface area contributed by atoms with E-state index in [2.05, 4.69) is 154 Å². The molecule has 1 unspecified atom stereocenters. The largest absolute Gasteiger partial charge is 0.462 e. The lowest BCUT2D eigenvalue weighted by atomic mass is 10.1. The number of hydrogen-bond donors (Lipinski definition) is 0. The average Bonchev–Trinajstić information content (AvgIpc) is 3.40. The highest BCUT2D eigenvalue weighted by atomic mass is 16.6. The van der Waals surface area contributed by atoms with E-state index in [0.717, 1.165) is 154 Å². The molecule has 0 aromatic rings. The molecular formula is C68H110O6. The molecule has 0 saturated heterocycles. The van der Waals surface area contributed by atoms with Crippen molar-refractivity contribution >= 4 is 17.9 Å². The second kappa shape index (κ2) is 61.1. The van der Waals surface area contributed by atoms with E-state index in [1.807, 2.05) is 0 Å². The van der Waals surface area contributed by atoms with Gasteiger partial charge in [0.05, 0.1) is 0 Å². The molecule has 6 nitrogen and oxygen atoms in total. The first kappa shape index (κ1) is 69.5. The van der Waals surface area contributed by atoms with Crippen LogP contribution < -0.4 is 0 Å². The van der Waals surface area contributed by atoms with Gasteiger partial charge in [-0.3, -0.25) is 14.4 Å². The number of carbonyl (C=O) groups is 3. The summed E-state index contributed by atoms with van der Waals surface area (Å²) < 4.78 is 16.9. The third-order valence-electron chi connectivity index (χ3n) is 12.4. The summed E-state index contributed by atoms with van der Waals surface area (Å²) in [5, 5.41) is 0. The van der Waals surface area contributed by atoms with E-state index in [4.69, 9.17) is 14.2 Å². The molecular weight excluding hydrogens is 913 g/mol. The standard InChI is InChI=1S/C68H110O6/c1-4-7-10-13-16-19-22-25-28-31-33-34-36-37-40-43-46-49-52-55-58-61-67(70)73-64-65(63-72-66(69)60-57-54-51-48-45-42-39-30-27-24-21-18-15-12-9-6-3)74-68(71)62-59-56-53-50-47-44-41-38-35-32-29-26-23-20-17-14-11-8-5-2/h7-8,10-11,16-17,19-21,24-26,28-30,33-35,38-39,44,47,65H,4-6,9,12-15,18,22-23,27,31-32,36-37,40-43,45-46,48-64H2,1-3H3/b10-7-,11-8-,19-16-,20-17-,24-21-,28-25-,29-26-,34-33-,38-35-,39-30-,47-44-. The quantitative estimate of drug-likeness (QED) is 0.0261. The summed E-state index contributed by atoms with van der Waals surface area (Å²) >= 11 is 0. The van der Waals surface area contributed by atoms with E-state index in [0.29, 0.717) is 12.8 Å².